The van der Waals surface area contributed by atoms with E-state index in [1.807, 2.05) is 0 Å². The molecule has 1 rings (SSSR count). The number of anilines is 1. The molecule has 0 aliphatic heterocycles. The molecule has 6 heteroatoms. The van der Waals surface area contributed by atoms with Crippen LogP contribution < -0.4 is 16.0 Å². The molecule has 0 aliphatic carbocycles. The number of carbonyl (C=O) groups excluding carboxylic acids is 2. The monoisotopic (exact) mass is 239 g/mol. The van der Waals surface area contributed by atoms with Crippen molar-refractivity contribution in [2.45, 2.75) is 6.92 Å². The Morgan fingerprint density at radius 2 is 2.06 bits per heavy atom. The van der Waals surface area contributed by atoms with Crippen molar-refractivity contribution in [1.82, 2.24) is 10.6 Å². The zero-order valence-corrected chi connectivity index (χ0v) is 9.42. The molecule has 0 saturated heterocycles. The van der Waals surface area contributed by atoms with Crippen LogP contribution in [0.3, 0.4) is 0 Å². The van der Waals surface area contributed by atoms with Gasteiger partial charge in [0.05, 0.1) is 6.54 Å². The summed E-state index contributed by atoms with van der Waals surface area (Å²) in [6, 6.07) is 5.11. The molecule has 0 aromatic heterocycles. The van der Waals surface area contributed by atoms with Gasteiger partial charge in [-0.05, 0) is 25.1 Å². The van der Waals surface area contributed by atoms with Gasteiger partial charge in [-0.2, -0.15) is 0 Å². The standard InChI is InChI=1S/C11H14FN3O2/c1-2-13-11(17)14-7-10(16)15-9-5-3-4-8(12)6-9/h3-6H,2,7H2,1H3,(H,15,16)(H2,13,14,17). The number of rotatable bonds is 4. The molecule has 0 bridgehead atoms. The summed E-state index contributed by atoms with van der Waals surface area (Å²) in [5.74, 6) is -0.846. The van der Waals surface area contributed by atoms with Crippen LogP contribution in [0.1, 0.15) is 6.92 Å². The summed E-state index contributed by atoms with van der Waals surface area (Å²) in [7, 11) is 0. The molecule has 92 valence electrons. The van der Waals surface area contributed by atoms with Gasteiger partial charge < -0.3 is 16.0 Å². The highest BCUT2D eigenvalue weighted by molar-refractivity contribution is 5.94. The lowest BCUT2D eigenvalue weighted by atomic mass is 10.3. The molecular weight excluding hydrogens is 225 g/mol. The summed E-state index contributed by atoms with van der Waals surface area (Å²) in [5.41, 5.74) is 0.354. The number of benzene rings is 1. The van der Waals surface area contributed by atoms with Gasteiger partial charge in [-0.1, -0.05) is 6.07 Å². The number of amides is 3. The molecule has 5 nitrogen and oxygen atoms in total. The average Bonchev–Trinajstić information content (AvgIpc) is 2.27. The fourth-order valence-corrected chi connectivity index (χ4v) is 1.16. The fourth-order valence-electron chi connectivity index (χ4n) is 1.16. The summed E-state index contributed by atoms with van der Waals surface area (Å²) in [5, 5.41) is 7.30. The van der Waals surface area contributed by atoms with Crippen molar-refractivity contribution in [3.05, 3.63) is 30.1 Å². The van der Waals surface area contributed by atoms with Crippen LogP contribution in [-0.4, -0.2) is 25.0 Å². The van der Waals surface area contributed by atoms with Crippen molar-refractivity contribution in [3.8, 4) is 0 Å². The molecule has 0 spiro atoms. The SMILES string of the molecule is CCNC(=O)NCC(=O)Nc1cccc(F)c1. The van der Waals surface area contributed by atoms with E-state index in [1.54, 1.807) is 13.0 Å². The third-order valence-corrected chi connectivity index (χ3v) is 1.86. The smallest absolute Gasteiger partial charge is 0.315 e. The average molecular weight is 239 g/mol. The van der Waals surface area contributed by atoms with E-state index in [0.29, 0.717) is 12.2 Å². The molecule has 1 aromatic rings. The zero-order chi connectivity index (χ0) is 12.7. The van der Waals surface area contributed by atoms with Crippen molar-refractivity contribution in [3.63, 3.8) is 0 Å². The van der Waals surface area contributed by atoms with Gasteiger partial charge in [0.1, 0.15) is 5.82 Å². The molecule has 0 heterocycles. The normalized spacial score (nSPS) is 9.53. The first-order chi connectivity index (χ1) is 8.11. The highest BCUT2D eigenvalue weighted by Gasteiger charge is 2.04. The first-order valence-electron chi connectivity index (χ1n) is 5.19. The van der Waals surface area contributed by atoms with E-state index in [4.69, 9.17) is 0 Å². The molecular formula is C11H14FN3O2. The number of halogens is 1. The van der Waals surface area contributed by atoms with Crippen LogP contribution in [0.5, 0.6) is 0 Å². The maximum absolute atomic E-state index is 12.8. The molecule has 17 heavy (non-hydrogen) atoms. The lowest BCUT2D eigenvalue weighted by Gasteiger charge is -2.07. The summed E-state index contributed by atoms with van der Waals surface area (Å²) < 4.78 is 12.8. The van der Waals surface area contributed by atoms with Gasteiger partial charge in [0.25, 0.3) is 0 Å². The Morgan fingerprint density at radius 1 is 1.29 bits per heavy atom. The minimum Gasteiger partial charge on any atom is -0.338 e. The lowest BCUT2D eigenvalue weighted by molar-refractivity contribution is -0.115. The van der Waals surface area contributed by atoms with E-state index in [9.17, 15) is 14.0 Å². The van der Waals surface area contributed by atoms with Crippen LogP contribution in [0.15, 0.2) is 24.3 Å². The van der Waals surface area contributed by atoms with Gasteiger partial charge >= 0.3 is 6.03 Å². The van der Waals surface area contributed by atoms with Crippen molar-refractivity contribution in [1.29, 1.82) is 0 Å². The molecule has 0 unspecified atom stereocenters. The molecule has 0 atom stereocenters. The lowest BCUT2D eigenvalue weighted by Crippen LogP contribution is -2.39. The number of hydrogen-bond acceptors (Lipinski definition) is 2. The second kappa shape index (κ2) is 6.47. The van der Waals surface area contributed by atoms with Crippen LogP contribution >= 0.6 is 0 Å². The van der Waals surface area contributed by atoms with Crippen LogP contribution in [0.2, 0.25) is 0 Å². The van der Waals surface area contributed by atoms with Crippen LogP contribution in [0, 0.1) is 5.82 Å². The predicted molar refractivity (Wildman–Crippen MR) is 62.1 cm³/mol. The summed E-state index contributed by atoms with van der Waals surface area (Å²) in [6.45, 7) is 2.09. The number of nitrogens with one attached hydrogen (secondary N) is 3. The Kier molecular flexibility index (Phi) is 4.93. The maximum Gasteiger partial charge on any atom is 0.315 e. The zero-order valence-electron chi connectivity index (χ0n) is 9.42. The van der Waals surface area contributed by atoms with Gasteiger partial charge in [-0.25, -0.2) is 9.18 Å². The minimum absolute atomic E-state index is 0.164. The molecule has 0 fully saturated rings. The molecule has 3 N–H and O–H groups in total. The largest absolute Gasteiger partial charge is 0.338 e. The number of hydrogen-bond donors (Lipinski definition) is 3. The van der Waals surface area contributed by atoms with Gasteiger partial charge in [0, 0.05) is 12.2 Å². The van der Waals surface area contributed by atoms with E-state index >= 15 is 0 Å². The van der Waals surface area contributed by atoms with E-state index in [1.165, 1.54) is 18.2 Å². The maximum atomic E-state index is 12.8. The van der Waals surface area contributed by atoms with E-state index in [0.717, 1.165) is 0 Å². The highest BCUT2D eigenvalue weighted by Crippen LogP contribution is 2.08. The summed E-state index contributed by atoms with van der Waals surface area (Å²) >= 11 is 0. The Hall–Kier alpha value is -2.11. The first-order valence-corrected chi connectivity index (χ1v) is 5.19. The third kappa shape index (κ3) is 4.96. The van der Waals surface area contributed by atoms with E-state index < -0.39 is 17.8 Å². The fraction of sp³-hybridized carbons (Fsp3) is 0.273. The highest BCUT2D eigenvalue weighted by atomic mass is 19.1. The molecule has 1 aromatic carbocycles. The summed E-state index contributed by atoms with van der Waals surface area (Å²) in [4.78, 5) is 22.3. The third-order valence-electron chi connectivity index (χ3n) is 1.86. The quantitative estimate of drug-likeness (QED) is 0.736. The van der Waals surface area contributed by atoms with Crippen LogP contribution in [-0.2, 0) is 4.79 Å². The first kappa shape index (κ1) is 13.0. The minimum atomic E-state index is -0.431. The van der Waals surface area contributed by atoms with E-state index in [-0.39, 0.29) is 6.54 Å². The topological polar surface area (TPSA) is 70.2 Å². The second-order valence-electron chi connectivity index (χ2n) is 3.27. The molecule has 0 aliphatic rings. The Labute approximate surface area is 98.4 Å². The van der Waals surface area contributed by atoms with Gasteiger partial charge in [0.2, 0.25) is 5.91 Å². The molecule has 0 saturated carbocycles. The van der Waals surface area contributed by atoms with Gasteiger partial charge in [-0.15, -0.1) is 0 Å². The van der Waals surface area contributed by atoms with Crippen molar-refractivity contribution >= 4 is 17.6 Å². The van der Waals surface area contributed by atoms with Crippen molar-refractivity contribution < 1.29 is 14.0 Å². The van der Waals surface area contributed by atoms with Crippen LogP contribution in [0.4, 0.5) is 14.9 Å². The number of carbonyl (C=O) groups is 2. The summed E-state index contributed by atoms with van der Waals surface area (Å²) in [6.07, 6.45) is 0. The Bertz CT molecular complexity index is 409. The predicted octanol–water partition coefficient (Wildman–Crippen LogP) is 1.08. The van der Waals surface area contributed by atoms with Crippen molar-refractivity contribution in [2.24, 2.45) is 0 Å². The van der Waals surface area contributed by atoms with E-state index in [2.05, 4.69) is 16.0 Å². The van der Waals surface area contributed by atoms with Gasteiger partial charge in [0.15, 0.2) is 0 Å². The van der Waals surface area contributed by atoms with Gasteiger partial charge in [-0.3, -0.25) is 4.79 Å². The van der Waals surface area contributed by atoms with Crippen molar-refractivity contribution in [2.75, 3.05) is 18.4 Å². The van der Waals surface area contributed by atoms with Crippen LogP contribution in [0.25, 0.3) is 0 Å². The Morgan fingerprint density at radius 3 is 2.71 bits per heavy atom. The number of urea groups is 1. The Balaban J connectivity index is 2.37. The molecule has 0 radical (unpaired) electrons. The second-order valence-corrected chi connectivity index (χ2v) is 3.27. The molecule has 3 amide bonds.